The Morgan fingerprint density at radius 3 is 2.69 bits per heavy atom. The van der Waals surface area contributed by atoms with Crippen LogP contribution < -0.4 is 5.56 Å². The van der Waals surface area contributed by atoms with Gasteiger partial charge in [-0.3, -0.25) is 4.79 Å². The van der Waals surface area contributed by atoms with Gasteiger partial charge in [-0.2, -0.15) is 0 Å². The zero-order valence-electron chi connectivity index (χ0n) is 10.0. The Bertz CT molecular complexity index is 574. The number of rotatable bonds is 1. The third-order valence-electron chi connectivity index (χ3n) is 2.51. The van der Waals surface area contributed by atoms with Gasteiger partial charge >= 0.3 is 0 Å². The first-order valence-electron chi connectivity index (χ1n) is 5.40. The summed E-state index contributed by atoms with van der Waals surface area (Å²) in [4.78, 5) is 23.0. The molecular formula is C11H16N4O. The molecule has 0 radical (unpaired) electrons. The third-order valence-corrected chi connectivity index (χ3v) is 2.51. The highest BCUT2D eigenvalue weighted by atomic mass is 16.1. The molecule has 0 spiro atoms. The van der Waals surface area contributed by atoms with Gasteiger partial charge in [0, 0.05) is 12.0 Å². The van der Waals surface area contributed by atoms with Crippen molar-refractivity contribution in [2.75, 3.05) is 0 Å². The molecule has 0 aliphatic heterocycles. The number of fused-ring (bicyclic) bond motifs is 1. The van der Waals surface area contributed by atoms with Gasteiger partial charge in [0.15, 0.2) is 11.2 Å². The molecule has 0 aliphatic rings. The Morgan fingerprint density at radius 2 is 2.12 bits per heavy atom. The third kappa shape index (κ3) is 1.62. The van der Waals surface area contributed by atoms with Crippen LogP contribution in [0.5, 0.6) is 0 Å². The van der Waals surface area contributed by atoms with Crippen molar-refractivity contribution >= 4 is 11.2 Å². The number of aryl methyl sites for hydroxylation is 1. The Hall–Kier alpha value is -1.65. The van der Waals surface area contributed by atoms with Crippen LogP contribution in [0.1, 0.15) is 33.5 Å². The molecule has 1 N–H and O–H groups in total. The smallest absolute Gasteiger partial charge is 0.279 e. The van der Waals surface area contributed by atoms with E-state index in [1.54, 1.807) is 6.33 Å². The average Bonchev–Trinajstić information content (AvgIpc) is 2.60. The average molecular weight is 220 g/mol. The minimum Gasteiger partial charge on any atom is -0.310 e. The van der Waals surface area contributed by atoms with Gasteiger partial charge in [0.25, 0.3) is 5.56 Å². The summed E-state index contributed by atoms with van der Waals surface area (Å²) in [5.74, 6) is 0.698. The SMILES string of the molecule is CCc1nc2c(ncn2C(C)(C)C)c(=O)[nH]1. The summed E-state index contributed by atoms with van der Waals surface area (Å²) in [7, 11) is 0. The standard InChI is InChI=1S/C11H16N4O/c1-5-7-13-9-8(10(16)14-7)12-6-15(9)11(2,3)4/h6H,5H2,1-4H3,(H,13,14,16). The van der Waals surface area contributed by atoms with Gasteiger partial charge in [0.1, 0.15) is 5.82 Å². The minimum atomic E-state index is -0.162. The molecular weight excluding hydrogens is 204 g/mol. The zero-order chi connectivity index (χ0) is 11.9. The van der Waals surface area contributed by atoms with E-state index in [9.17, 15) is 4.79 Å². The summed E-state index contributed by atoms with van der Waals surface area (Å²) in [5.41, 5.74) is 0.783. The molecule has 0 saturated heterocycles. The Labute approximate surface area is 93.5 Å². The zero-order valence-corrected chi connectivity index (χ0v) is 10.0. The van der Waals surface area contributed by atoms with Crippen molar-refractivity contribution in [2.24, 2.45) is 0 Å². The number of aromatic amines is 1. The first-order valence-corrected chi connectivity index (χ1v) is 5.40. The lowest BCUT2D eigenvalue weighted by Crippen LogP contribution is -2.22. The van der Waals surface area contributed by atoms with E-state index in [1.165, 1.54) is 0 Å². The van der Waals surface area contributed by atoms with E-state index < -0.39 is 0 Å². The van der Waals surface area contributed by atoms with Crippen molar-refractivity contribution < 1.29 is 0 Å². The van der Waals surface area contributed by atoms with Gasteiger partial charge in [-0.1, -0.05) is 6.92 Å². The van der Waals surface area contributed by atoms with Crippen LogP contribution in [0.25, 0.3) is 11.2 Å². The van der Waals surface area contributed by atoms with Gasteiger partial charge in [0.05, 0.1) is 6.33 Å². The molecule has 86 valence electrons. The van der Waals surface area contributed by atoms with Gasteiger partial charge < -0.3 is 9.55 Å². The molecule has 0 amide bonds. The first-order chi connectivity index (χ1) is 7.43. The van der Waals surface area contributed by atoms with Crippen LogP contribution >= 0.6 is 0 Å². The highest BCUT2D eigenvalue weighted by Gasteiger charge is 2.18. The Kier molecular flexibility index (Phi) is 2.33. The fourth-order valence-corrected chi connectivity index (χ4v) is 1.61. The fraction of sp³-hybridized carbons (Fsp3) is 0.545. The lowest BCUT2D eigenvalue weighted by molar-refractivity contribution is 0.405. The number of imidazole rings is 1. The molecule has 5 heteroatoms. The lowest BCUT2D eigenvalue weighted by atomic mass is 10.1. The van der Waals surface area contributed by atoms with Crippen molar-refractivity contribution in [3.05, 3.63) is 22.5 Å². The summed E-state index contributed by atoms with van der Waals surface area (Å²) in [6.45, 7) is 8.13. The molecule has 0 saturated carbocycles. The number of nitrogens with zero attached hydrogens (tertiary/aromatic N) is 3. The summed E-state index contributed by atoms with van der Waals surface area (Å²) >= 11 is 0. The molecule has 0 aliphatic carbocycles. The second-order valence-electron chi connectivity index (χ2n) is 4.82. The maximum atomic E-state index is 11.7. The monoisotopic (exact) mass is 220 g/mol. The predicted octanol–water partition coefficient (Wildman–Crippen LogP) is 1.44. The highest BCUT2D eigenvalue weighted by Crippen LogP contribution is 2.18. The van der Waals surface area contributed by atoms with Crippen LogP contribution in [0.2, 0.25) is 0 Å². The van der Waals surface area contributed by atoms with E-state index >= 15 is 0 Å². The van der Waals surface area contributed by atoms with Crippen molar-refractivity contribution in [1.29, 1.82) is 0 Å². The van der Waals surface area contributed by atoms with Crippen LogP contribution in [0.3, 0.4) is 0 Å². The summed E-state index contributed by atoms with van der Waals surface area (Å²) in [6, 6.07) is 0. The summed E-state index contributed by atoms with van der Waals surface area (Å²) in [6.07, 6.45) is 2.38. The number of H-pyrrole nitrogens is 1. The van der Waals surface area contributed by atoms with E-state index in [2.05, 4.69) is 35.7 Å². The molecule has 0 fully saturated rings. The van der Waals surface area contributed by atoms with Crippen LogP contribution in [-0.4, -0.2) is 19.5 Å². The molecule has 0 atom stereocenters. The first kappa shape index (κ1) is 10.9. The molecule has 5 nitrogen and oxygen atoms in total. The van der Waals surface area contributed by atoms with Gasteiger partial charge in [-0.25, -0.2) is 9.97 Å². The van der Waals surface area contributed by atoms with Crippen molar-refractivity contribution in [1.82, 2.24) is 19.5 Å². The van der Waals surface area contributed by atoms with Crippen LogP contribution in [0.15, 0.2) is 11.1 Å². The largest absolute Gasteiger partial charge is 0.310 e. The molecule has 0 aromatic carbocycles. The maximum Gasteiger partial charge on any atom is 0.279 e. The van der Waals surface area contributed by atoms with Gasteiger partial charge in [0.2, 0.25) is 0 Å². The predicted molar refractivity (Wildman–Crippen MR) is 62.5 cm³/mol. The lowest BCUT2D eigenvalue weighted by Gasteiger charge is -2.20. The van der Waals surface area contributed by atoms with Crippen molar-refractivity contribution in [2.45, 2.75) is 39.7 Å². The van der Waals surface area contributed by atoms with E-state index in [-0.39, 0.29) is 11.1 Å². The normalized spacial score (nSPS) is 12.2. The Balaban J connectivity index is 2.81. The van der Waals surface area contributed by atoms with Crippen LogP contribution in [0.4, 0.5) is 0 Å². The van der Waals surface area contributed by atoms with E-state index in [1.807, 2.05) is 11.5 Å². The van der Waals surface area contributed by atoms with Crippen LogP contribution in [0, 0.1) is 0 Å². The number of nitrogens with one attached hydrogen (secondary N) is 1. The second-order valence-corrected chi connectivity index (χ2v) is 4.82. The minimum absolute atomic E-state index is 0.124. The number of hydrogen-bond donors (Lipinski definition) is 1. The number of hydrogen-bond acceptors (Lipinski definition) is 3. The maximum absolute atomic E-state index is 11.7. The molecule has 16 heavy (non-hydrogen) atoms. The highest BCUT2D eigenvalue weighted by molar-refractivity contribution is 5.69. The molecule has 0 bridgehead atoms. The second kappa shape index (κ2) is 3.43. The topological polar surface area (TPSA) is 63.6 Å². The Morgan fingerprint density at radius 1 is 1.44 bits per heavy atom. The fourth-order valence-electron chi connectivity index (χ4n) is 1.61. The van der Waals surface area contributed by atoms with E-state index in [4.69, 9.17) is 0 Å². The van der Waals surface area contributed by atoms with Crippen molar-refractivity contribution in [3.8, 4) is 0 Å². The number of aromatic nitrogens is 4. The summed E-state index contributed by atoms with van der Waals surface area (Å²) in [5, 5.41) is 0. The van der Waals surface area contributed by atoms with Crippen LogP contribution in [-0.2, 0) is 12.0 Å². The molecule has 2 aromatic heterocycles. The summed E-state index contributed by atoms with van der Waals surface area (Å²) < 4.78 is 1.93. The van der Waals surface area contributed by atoms with E-state index in [0.29, 0.717) is 23.4 Å². The molecule has 2 rings (SSSR count). The van der Waals surface area contributed by atoms with E-state index in [0.717, 1.165) is 0 Å². The molecule has 2 aromatic rings. The van der Waals surface area contributed by atoms with Gasteiger partial charge in [-0.05, 0) is 20.8 Å². The molecule has 0 unspecified atom stereocenters. The quantitative estimate of drug-likeness (QED) is 0.790. The van der Waals surface area contributed by atoms with Crippen molar-refractivity contribution in [3.63, 3.8) is 0 Å². The van der Waals surface area contributed by atoms with Gasteiger partial charge in [-0.15, -0.1) is 0 Å². The molecule has 2 heterocycles.